The molecule has 0 bridgehead atoms. The van der Waals surface area contributed by atoms with Crippen LogP contribution in [0.1, 0.15) is 226 Å². The van der Waals surface area contributed by atoms with Gasteiger partial charge in [0.2, 0.25) is 0 Å². The lowest BCUT2D eigenvalue weighted by Gasteiger charge is -2.18. The fourth-order valence-corrected chi connectivity index (χ4v) is 7.37. The number of rotatable bonds is 51. The van der Waals surface area contributed by atoms with E-state index in [1.807, 2.05) is 0 Å². The third-order valence-electron chi connectivity index (χ3n) is 11.7. The molecule has 1 atom stereocenters. The molecule has 0 aromatic carbocycles. The van der Waals surface area contributed by atoms with Gasteiger partial charge in [0.25, 0.3) is 0 Å². The summed E-state index contributed by atoms with van der Waals surface area (Å²) < 4.78 is 16.8. The molecule has 0 fully saturated rings. The molecule has 0 N–H and O–H groups in total. The Bertz CT molecular complexity index is 1750. The van der Waals surface area contributed by atoms with Crippen LogP contribution in [-0.2, 0) is 28.6 Å². The molecule has 1 unspecified atom stereocenters. The molecule has 0 aliphatic heterocycles. The van der Waals surface area contributed by atoms with E-state index in [0.717, 1.165) is 173 Å². The Balaban J connectivity index is 4.51. The van der Waals surface area contributed by atoms with Crippen molar-refractivity contribution in [2.45, 2.75) is 232 Å². The second-order valence-electron chi connectivity index (χ2n) is 18.8. The summed E-state index contributed by atoms with van der Waals surface area (Å²) in [6.07, 6.45) is 90.6. The Morgan fingerprint density at radius 2 is 0.480 bits per heavy atom. The molecule has 0 spiro atoms. The smallest absolute Gasteiger partial charge is 0.306 e. The summed E-state index contributed by atoms with van der Waals surface area (Å²) in [6, 6.07) is 0. The molecular weight excluding hydrogens is 925 g/mol. The van der Waals surface area contributed by atoms with E-state index in [4.69, 9.17) is 14.2 Å². The number of hydrogen-bond acceptors (Lipinski definition) is 6. The average molecular weight is 1030 g/mol. The molecule has 0 saturated carbocycles. The van der Waals surface area contributed by atoms with Gasteiger partial charge < -0.3 is 14.2 Å². The van der Waals surface area contributed by atoms with Crippen LogP contribution < -0.4 is 0 Å². The van der Waals surface area contributed by atoms with Crippen LogP contribution in [0.2, 0.25) is 0 Å². The quantitative estimate of drug-likeness (QED) is 0.0261. The summed E-state index contributed by atoms with van der Waals surface area (Å²) >= 11 is 0. The van der Waals surface area contributed by atoms with Gasteiger partial charge in [0.1, 0.15) is 13.2 Å². The molecule has 0 saturated heterocycles. The van der Waals surface area contributed by atoms with E-state index in [0.29, 0.717) is 12.8 Å². The van der Waals surface area contributed by atoms with E-state index in [9.17, 15) is 14.4 Å². The van der Waals surface area contributed by atoms with Crippen LogP contribution >= 0.6 is 0 Å². The van der Waals surface area contributed by atoms with E-state index in [1.165, 1.54) is 12.8 Å². The van der Waals surface area contributed by atoms with Crippen molar-refractivity contribution in [3.8, 4) is 0 Å². The second kappa shape index (κ2) is 61.3. The summed E-state index contributed by atoms with van der Waals surface area (Å²) in [5.74, 6) is -1.00. The van der Waals surface area contributed by atoms with Crippen molar-refractivity contribution >= 4 is 17.9 Å². The molecular formula is C69H106O6. The van der Waals surface area contributed by atoms with Gasteiger partial charge in [0.15, 0.2) is 6.10 Å². The van der Waals surface area contributed by atoms with Crippen LogP contribution in [0.25, 0.3) is 0 Å². The lowest BCUT2D eigenvalue weighted by atomic mass is 10.1. The molecule has 0 heterocycles. The number of carbonyl (C=O) groups is 3. The molecule has 6 heteroatoms. The van der Waals surface area contributed by atoms with E-state index in [-0.39, 0.29) is 37.5 Å². The van der Waals surface area contributed by atoms with Gasteiger partial charge in [0, 0.05) is 19.3 Å². The molecule has 418 valence electrons. The van der Waals surface area contributed by atoms with Crippen LogP contribution in [-0.4, -0.2) is 37.2 Å². The van der Waals surface area contributed by atoms with Gasteiger partial charge in [-0.3, -0.25) is 14.4 Å². The molecule has 6 nitrogen and oxygen atoms in total. The van der Waals surface area contributed by atoms with Crippen molar-refractivity contribution in [1.29, 1.82) is 0 Å². The van der Waals surface area contributed by atoms with E-state index < -0.39 is 6.10 Å². The summed E-state index contributed by atoms with van der Waals surface area (Å²) in [5, 5.41) is 0. The monoisotopic (exact) mass is 1030 g/mol. The number of hydrogen-bond donors (Lipinski definition) is 0. The summed E-state index contributed by atoms with van der Waals surface area (Å²) in [5.41, 5.74) is 0. The van der Waals surface area contributed by atoms with Crippen LogP contribution in [0.5, 0.6) is 0 Å². The van der Waals surface area contributed by atoms with E-state index in [1.54, 1.807) is 0 Å². The van der Waals surface area contributed by atoms with Crippen molar-refractivity contribution in [3.05, 3.63) is 170 Å². The number of esters is 3. The fourth-order valence-electron chi connectivity index (χ4n) is 7.37. The summed E-state index contributed by atoms with van der Waals surface area (Å²) in [6.45, 7) is 6.21. The van der Waals surface area contributed by atoms with Gasteiger partial charge in [0.05, 0.1) is 0 Å². The van der Waals surface area contributed by atoms with E-state index in [2.05, 4.69) is 191 Å². The minimum absolute atomic E-state index is 0.119. The maximum atomic E-state index is 12.9. The number of allylic oxidation sites excluding steroid dienone is 28. The summed E-state index contributed by atoms with van der Waals surface area (Å²) in [4.78, 5) is 38.2. The van der Waals surface area contributed by atoms with Gasteiger partial charge in [-0.25, -0.2) is 0 Å². The largest absolute Gasteiger partial charge is 0.462 e. The minimum atomic E-state index is -0.822. The minimum Gasteiger partial charge on any atom is -0.462 e. The van der Waals surface area contributed by atoms with E-state index >= 15 is 0 Å². The maximum Gasteiger partial charge on any atom is 0.306 e. The number of carbonyl (C=O) groups excluding carboxylic acids is 3. The third-order valence-corrected chi connectivity index (χ3v) is 11.7. The molecule has 0 rings (SSSR count). The van der Waals surface area contributed by atoms with Crippen LogP contribution in [0, 0.1) is 0 Å². The lowest BCUT2D eigenvalue weighted by Crippen LogP contribution is -2.30. The zero-order valence-corrected chi connectivity index (χ0v) is 47.7. The molecule has 0 amide bonds. The van der Waals surface area contributed by atoms with Crippen LogP contribution in [0.4, 0.5) is 0 Å². The average Bonchev–Trinajstić information content (AvgIpc) is 3.41. The molecule has 0 aliphatic rings. The fraction of sp³-hybridized carbons (Fsp3) is 0.551. The zero-order chi connectivity index (χ0) is 54.3. The molecule has 0 aromatic heterocycles. The highest BCUT2D eigenvalue weighted by atomic mass is 16.6. The third kappa shape index (κ3) is 59.5. The number of ether oxygens (including phenoxy) is 3. The SMILES string of the molecule is CC/C=C\C/C=C\C/C=C\C/C=C\C/C=C\C/C=C\C/C=C\CCCCCC(=O)OCC(COC(=O)CCCCC/C=C\C/C=C\C/C=C\CC)OC(=O)CCCCCCCC/C=C\C/C=C\C/C=C\C/C=C\CC. The van der Waals surface area contributed by atoms with Crippen molar-refractivity contribution in [2.75, 3.05) is 13.2 Å². The topological polar surface area (TPSA) is 78.9 Å². The van der Waals surface area contributed by atoms with Gasteiger partial charge in [-0.1, -0.05) is 229 Å². The summed E-state index contributed by atoms with van der Waals surface area (Å²) in [7, 11) is 0. The van der Waals surface area contributed by atoms with Crippen molar-refractivity contribution in [1.82, 2.24) is 0 Å². The van der Waals surface area contributed by atoms with Crippen molar-refractivity contribution < 1.29 is 28.6 Å². The van der Waals surface area contributed by atoms with Crippen molar-refractivity contribution in [3.63, 3.8) is 0 Å². The Morgan fingerprint density at radius 1 is 0.267 bits per heavy atom. The van der Waals surface area contributed by atoms with Gasteiger partial charge in [-0.15, -0.1) is 0 Å². The zero-order valence-electron chi connectivity index (χ0n) is 47.7. The second-order valence-corrected chi connectivity index (χ2v) is 18.8. The Labute approximate surface area is 460 Å². The van der Waals surface area contributed by atoms with Gasteiger partial charge in [-0.05, 0) is 148 Å². The molecule has 75 heavy (non-hydrogen) atoms. The Kier molecular flexibility index (Phi) is 57.0. The normalized spacial score (nSPS) is 13.4. The Morgan fingerprint density at radius 3 is 0.760 bits per heavy atom. The van der Waals surface area contributed by atoms with Crippen molar-refractivity contribution in [2.24, 2.45) is 0 Å². The molecule has 0 radical (unpaired) electrons. The highest BCUT2D eigenvalue weighted by Crippen LogP contribution is 2.13. The first-order valence-electron chi connectivity index (χ1n) is 29.6. The van der Waals surface area contributed by atoms with Gasteiger partial charge in [-0.2, -0.15) is 0 Å². The Hall–Kier alpha value is -5.23. The predicted molar refractivity (Wildman–Crippen MR) is 325 cm³/mol. The first-order chi connectivity index (χ1) is 37.0. The first-order valence-corrected chi connectivity index (χ1v) is 29.6. The molecule has 0 aromatic rings. The van der Waals surface area contributed by atoms with Crippen LogP contribution in [0.15, 0.2) is 170 Å². The first kappa shape index (κ1) is 69.8. The highest BCUT2D eigenvalue weighted by molar-refractivity contribution is 5.71. The standard InChI is InChI=1S/C69H106O6/c1-4-7-10-13-16-19-22-25-27-29-31-32-33-34-35-36-38-39-41-44-47-50-53-56-59-62-68(71)74-65-66(64-73-67(70)61-58-55-52-49-46-43-24-21-18-15-12-9-6-3)75-69(72)63-60-57-54-51-48-45-42-40-37-30-28-26-23-20-17-14-11-8-5-2/h7-12,16-21,25-28,31-32,34-35,37-40,43-44,46-47,66H,4-6,13-15,22-24,29-30,33,36,41-42,45,48-65H2,1-3H3/b10-7-,11-8-,12-9-,19-16-,20-17-,21-18-,27-25-,28-26-,32-31-,35-34-,39-38-,40-37-,46-43-,47-44-. The highest BCUT2D eigenvalue weighted by Gasteiger charge is 2.19. The number of unbranched alkanes of at least 4 members (excludes halogenated alkanes) is 12. The van der Waals surface area contributed by atoms with Crippen LogP contribution in [0.3, 0.4) is 0 Å². The van der Waals surface area contributed by atoms with Gasteiger partial charge >= 0.3 is 17.9 Å². The maximum absolute atomic E-state index is 12.9. The lowest BCUT2D eigenvalue weighted by molar-refractivity contribution is -0.167. The predicted octanol–water partition coefficient (Wildman–Crippen LogP) is 20.3. The molecule has 0 aliphatic carbocycles.